The van der Waals surface area contributed by atoms with Crippen molar-refractivity contribution < 1.29 is 55.9 Å². The average Bonchev–Trinajstić information content (AvgIpc) is 2.58. The number of benzene rings is 1. The fourth-order valence-electron chi connectivity index (χ4n) is 0.827. The molecule has 28 heavy (non-hydrogen) atoms. The van der Waals surface area contributed by atoms with Gasteiger partial charge in [0.2, 0.25) is 0 Å². The van der Waals surface area contributed by atoms with Gasteiger partial charge >= 0.3 is 16.8 Å². The summed E-state index contributed by atoms with van der Waals surface area (Å²) < 4.78 is 35.5. The monoisotopic (exact) mass is 726 g/mol. The smallest absolute Gasteiger partial charge is 0.872 e. The van der Waals surface area contributed by atoms with E-state index in [1.165, 1.54) is 0 Å². The van der Waals surface area contributed by atoms with Gasteiger partial charge in [0.25, 0.3) is 0 Å². The molecule has 0 bridgehead atoms. The zero-order chi connectivity index (χ0) is 22.2. The molecule has 1 aromatic carbocycles. The first-order chi connectivity index (χ1) is 12.3. The molecular formula is C12H20Br4ClCoN4O6. The van der Waals surface area contributed by atoms with Gasteiger partial charge in [-0.05, 0) is 70.9 Å². The number of hydrogen-bond donors (Lipinski definition) is 4. The van der Waals surface area contributed by atoms with Crippen LogP contribution in [0, 0.1) is 10.2 Å². The minimum Gasteiger partial charge on any atom is -0.872 e. The Kier molecular flexibility index (Phi) is 28.0. The van der Waals surface area contributed by atoms with Crippen LogP contribution >= 0.6 is 63.7 Å². The van der Waals surface area contributed by atoms with Gasteiger partial charge in [-0.1, -0.05) is 31.9 Å². The Morgan fingerprint density at radius 1 is 0.571 bits per heavy atom. The molecule has 0 amide bonds. The Labute approximate surface area is 209 Å². The molecule has 0 aromatic heterocycles. The van der Waals surface area contributed by atoms with E-state index in [9.17, 15) is 10.2 Å². The van der Waals surface area contributed by atoms with Crippen molar-refractivity contribution in [1.82, 2.24) is 0 Å². The molecule has 0 atom stereocenters. The van der Waals surface area contributed by atoms with Gasteiger partial charge < -0.3 is 33.1 Å². The Hall–Kier alpha value is 1.22. The van der Waals surface area contributed by atoms with E-state index in [1.807, 2.05) is 0 Å². The van der Waals surface area contributed by atoms with Gasteiger partial charge in [0, 0.05) is 17.9 Å². The van der Waals surface area contributed by atoms with Crippen LogP contribution in [0.15, 0.2) is 17.9 Å². The Bertz CT molecular complexity index is 411. The molecule has 16 heteroatoms. The van der Waals surface area contributed by atoms with E-state index in [0.717, 1.165) is 39.0 Å². The molecule has 10 nitrogen and oxygen atoms in total. The second-order valence-corrected chi connectivity index (χ2v) is 8.08. The first-order valence-corrected chi connectivity index (χ1v) is 11.3. The molecule has 0 radical (unpaired) electrons. The summed E-state index contributed by atoms with van der Waals surface area (Å²) in [7, 11) is -4.94. The molecule has 168 valence electrons. The van der Waals surface area contributed by atoms with E-state index in [-0.39, 0.29) is 25.7 Å². The van der Waals surface area contributed by atoms with Crippen LogP contribution in [0.1, 0.15) is 12.8 Å². The fourth-order valence-corrected chi connectivity index (χ4v) is 2.87. The maximum atomic E-state index is 11.1. The third-order valence-electron chi connectivity index (χ3n) is 2.00. The summed E-state index contributed by atoms with van der Waals surface area (Å²) in [6.45, 7) is 2.88. The molecule has 0 aliphatic rings. The van der Waals surface area contributed by atoms with Gasteiger partial charge in [0.05, 0.1) is 0 Å². The van der Waals surface area contributed by atoms with Gasteiger partial charge in [-0.15, -0.1) is 21.7 Å². The summed E-state index contributed by atoms with van der Waals surface area (Å²) in [6, 6.07) is 0. The minimum absolute atomic E-state index is 0. The topological polar surface area (TPSA) is 242 Å². The summed E-state index contributed by atoms with van der Waals surface area (Å²) in [6.07, 6.45) is 1.89. The van der Waals surface area contributed by atoms with Crippen molar-refractivity contribution in [2.24, 2.45) is 22.9 Å². The Morgan fingerprint density at radius 2 is 0.750 bits per heavy atom. The zero-order valence-electron chi connectivity index (χ0n) is 14.2. The largest absolute Gasteiger partial charge is 3.00 e. The number of nitrogens with two attached hydrogens (primary N) is 4. The van der Waals surface area contributed by atoms with E-state index in [2.05, 4.69) is 63.7 Å². The van der Waals surface area contributed by atoms with Gasteiger partial charge in [0.15, 0.2) is 0 Å². The SMILES string of the molecule is NCCCN.NCCCN.[Co+3].[O-][Cl+3]([O-])([O-])[O-].[O-]c1c([O-])c(Br)c(Br)c(Br)c1Br. The van der Waals surface area contributed by atoms with Crippen molar-refractivity contribution in [1.29, 1.82) is 0 Å². The summed E-state index contributed by atoms with van der Waals surface area (Å²) in [5, 5.41) is 22.2. The fraction of sp³-hybridized carbons (Fsp3) is 0.500. The molecule has 0 spiro atoms. The van der Waals surface area contributed by atoms with Crippen LogP contribution in [-0.2, 0) is 16.8 Å². The quantitative estimate of drug-likeness (QED) is 0.178. The van der Waals surface area contributed by atoms with Crippen LogP contribution in [0.5, 0.6) is 11.5 Å². The molecular weight excluding hydrogens is 710 g/mol. The van der Waals surface area contributed by atoms with Crippen molar-refractivity contribution in [2.75, 3.05) is 26.2 Å². The Balaban J connectivity index is -0.000000153. The predicted octanol–water partition coefficient (Wildman–Crippen LogP) is -3.29. The van der Waals surface area contributed by atoms with Gasteiger partial charge in [0.1, 0.15) is 0 Å². The standard InChI is InChI=1S/C6H2Br4O2.2C3H10N2.ClHO4.Co/c7-1-2(8)4(10)6(12)5(11)3(1)9;2*4-2-1-3-5;2-1(3,4)5;/h11-12H;2*1-5H2;(H,2,3,4,5);/q;;;;+3/p-3. The van der Waals surface area contributed by atoms with E-state index < -0.39 is 21.7 Å². The number of halogens is 5. The molecule has 8 N–H and O–H groups in total. The van der Waals surface area contributed by atoms with Crippen molar-refractivity contribution >= 4 is 63.7 Å². The summed E-state index contributed by atoms with van der Waals surface area (Å²) in [4.78, 5) is 0. The first kappa shape index (κ1) is 36.6. The van der Waals surface area contributed by atoms with E-state index in [0.29, 0.717) is 8.95 Å². The Morgan fingerprint density at radius 3 is 0.857 bits per heavy atom. The molecule has 0 saturated heterocycles. The summed E-state index contributed by atoms with van der Waals surface area (Å²) >= 11 is 12.3. The molecule has 0 heterocycles. The molecule has 1 rings (SSSR count). The third-order valence-corrected chi connectivity index (χ3v) is 6.69. The van der Waals surface area contributed by atoms with Crippen LogP contribution in [-0.4, -0.2) is 26.2 Å². The number of hydrogen-bond acceptors (Lipinski definition) is 10. The van der Waals surface area contributed by atoms with Crippen molar-refractivity contribution in [3.63, 3.8) is 0 Å². The molecule has 0 aliphatic carbocycles. The van der Waals surface area contributed by atoms with Crippen LogP contribution in [0.25, 0.3) is 0 Å². The van der Waals surface area contributed by atoms with Crippen molar-refractivity contribution in [3.8, 4) is 11.5 Å². The van der Waals surface area contributed by atoms with Crippen molar-refractivity contribution in [2.45, 2.75) is 12.8 Å². The van der Waals surface area contributed by atoms with Crippen LogP contribution in [0.2, 0.25) is 0 Å². The zero-order valence-corrected chi connectivity index (χ0v) is 22.4. The minimum atomic E-state index is -4.94. The predicted molar refractivity (Wildman–Crippen MR) is 102 cm³/mol. The van der Waals surface area contributed by atoms with Crippen LogP contribution in [0.4, 0.5) is 0 Å². The normalized spacial score (nSPS) is 9.57. The second kappa shape index (κ2) is 21.4. The second-order valence-electron chi connectivity index (χ2n) is 4.15. The summed E-state index contributed by atoms with van der Waals surface area (Å²) in [5.74, 6) is -1.12. The van der Waals surface area contributed by atoms with Crippen LogP contribution < -0.4 is 51.8 Å². The van der Waals surface area contributed by atoms with E-state index in [4.69, 9.17) is 41.6 Å². The maximum Gasteiger partial charge on any atom is 3.00 e. The van der Waals surface area contributed by atoms with Gasteiger partial charge in [-0.2, -0.15) is 0 Å². The first-order valence-electron chi connectivity index (χ1n) is 6.91. The van der Waals surface area contributed by atoms with Crippen molar-refractivity contribution in [3.05, 3.63) is 17.9 Å². The molecule has 0 fully saturated rings. The number of rotatable bonds is 4. The molecule has 1 aromatic rings. The maximum absolute atomic E-state index is 11.1. The average molecular weight is 730 g/mol. The van der Waals surface area contributed by atoms with E-state index in [1.54, 1.807) is 0 Å². The van der Waals surface area contributed by atoms with Gasteiger partial charge in [-0.25, -0.2) is 18.6 Å². The van der Waals surface area contributed by atoms with E-state index >= 15 is 0 Å². The van der Waals surface area contributed by atoms with Crippen LogP contribution in [0.3, 0.4) is 0 Å². The molecule has 0 aliphatic heterocycles. The molecule has 0 unspecified atom stereocenters. The summed E-state index contributed by atoms with van der Waals surface area (Å²) in [5.41, 5.74) is 20.2. The molecule has 0 saturated carbocycles. The third kappa shape index (κ3) is 21.9. The van der Waals surface area contributed by atoms with Gasteiger partial charge in [-0.3, -0.25) is 0 Å².